The highest BCUT2D eigenvalue weighted by molar-refractivity contribution is 5.54. The topological polar surface area (TPSA) is 60.2 Å². The number of nitrogens with two attached hydrogens (primary N) is 1. The average Bonchev–Trinajstić information content (AvgIpc) is 2.33. The molecule has 4 nitrogen and oxygen atoms in total. The van der Waals surface area contributed by atoms with Crippen LogP contribution < -0.4 is 15.8 Å². The van der Waals surface area contributed by atoms with Crippen molar-refractivity contribution >= 4 is 11.5 Å². The van der Waals surface area contributed by atoms with Crippen LogP contribution in [0.25, 0.3) is 0 Å². The number of aromatic nitrogens is 1. The van der Waals surface area contributed by atoms with Crippen LogP contribution in [-0.4, -0.2) is 16.6 Å². The minimum Gasteiger partial charge on any atom is -0.470 e. The van der Waals surface area contributed by atoms with E-state index < -0.39 is 0 Å². The molecule has 0 radical (unpaired) electrons. The maximum atomic E-state index is 5.91. The lowest BCUT2D eigenvalue weighted by Gasteiger charge is -2.25. The molecule has 0 saturated heterocycles. The second-order valence-corrected chi connectivity index (χ2v) is 6.28. The first kappa shape index (κ1) is 14.0. The first-order valence-electron chi connectivity index (χ1n) is 7.16. The molecule has 19 heavy (non-hydrogen) atoms. The highest BCUT2D eigenvalue weighted by atomic mass is 16.5. The minimum atomic E-state index is -0.287. The van der Waals surface area contributed by atoms with E-state index in [2.05, 4.69) is 10.3 Å². The summed E-state index contributed by atoms with van der Waals surface area (Å²) in [7, 11) is 0. The number of nitrogens with zero attached hydrogens (tertiary/aromatic N) is 1. The Balaban J connectivity index is 2.07. The van der Waals surface area contributed by atoms with E-state index in [-0.39, 0.29) is 5.60 Å². The Labute approximate surface area is 115 Å². The number of nitrogen functional groups attached to an aromatic ring is 1. The van der Waals surface area contributed by atoms with Crippen molar-refractivity contribution in [2.75, 3.05) is 11.1 Å². The molecule has 0 bridgehead atoms. The van der Waals surface area contributed by atoms with Gasteiger partial charge >= 0.3 is 0 Å². The molecule has 4 heteroatoms. The molecule has 0 aliphatic heterocycles. The summed E-state index contributed by atoms with van der Waals surface area (Å²) in [6, 6.07) is 4.32. The van der Waals surface area contributed by atoms with Gasteiger partial charge in [0.25, 0.3) is 0 Å². The Bertz CT molecular complexity index is 420. The third-order valence-electron chi connectivity index (χ3n) is 3.25. The second kappa shape index (κ2) is 5.68. The van der Waals surface area contributed by atoms with Crippen molar-refractivity contribution in [2.24, 2.45) is 0 Å². The first-order chi connectivity index (χ1) is 8.94. The maximum Gasteiger partial charge on any atom is 0.239 e. The number of rotatable bonds is 3. The summed E-state index contributed by atoms with van der Waals surface area (Å²) in [5, 5.41) is 3.49. The molecule has 0 unspecified atom stereocenters. The van der Waals surface area contributed by atoms with E-state index in [4.69, 9.17) is 10.5 Å². The summed E-state index contributed by atoms with van der Waals surface area (Å²) >= 11 is 0. The third kappa shape index (κ3) is 4.30. The molecular formula is C15H25N3O. The van der Waals surface area contributed by atoms with E-state index in [1.807, 2.05) is 32.9 Å². The number of hydrogen-bond donors (Lipinski definition) is 2. The summed E-state index contributed by atoms with van der Waals surface area (Å²) in [4.78, 5) is 4.49. The molecule has 0 atom stereocenters. The molecule has 1 heterocycles. The number of nitrogens with one attached hydrogen (secondary N) is 1. The lowest BCUT2D eigenvalue weighted by atomic mass is 9.95. The molecule has 1 fully saturated rings. The fourth-order valence-corrected chi connectivity index (χ4v) is 2.36. The lowest BCUT2D eigenvalue weighted by molar-refractivity contribution is 0.125. The van der Waals surface area contributed by atoms with Crippen molar-refractivity contribution in [3.63, 3.8) is 0 Å². The van der Waals surface area contributed by atoms with Crippen LogP contribution in [0.15, 0.2) is 12.1 Å². The highest BCUT2D eigenvalue weighted by Gasteiger charge is 2.17. The normalized spacial score (nSPS) is 17.2. The molecule has 0 aromatic carbocycles. The van der Waals surface area contributed by atoms with Gasteiger partial charge in [0.1, 0.15) is 11.4 Å². The van der Waals surface area contributed by atoms with Crippen LogP contribution in [0.3, 0.4) is 0 Å². The smallest absolute Gasteiger partial charge is 0.239 e. The maximum absolute atomic E-state index is 5.91. The van der Waals surface area contributed by atoms with Gasteiger partial charge in [-0.25, -0.2) is 0 Å². The number of anilines is 2. The molecule has 0 spiro atoms. The molecule has 1 aromatic rings. The van der Waals surface area contributed by atoms with Crippen molar-refractivity contribution in [3.05, 3.63) is 12.1 Å². The molecule has 1 aliphatic carbocycles. The Kier molecular flexibility index (Phi) is 4.17. The van der Waals surface area contributed by atoms with Crippen molar-refractivity contribution in [1.82, 2.24) is 4.98 Å². The van der Waals surface area contributed by atoms with E-state index in [0.717, 1.165) is 5.82 Å². The molecule has 0 amide bonds. The van der Waals surface area contributed by atoms with Gasteiger partial charge in [-0.2, -0.15) is 4.98 Å². The number of hydrogen-bond acceptors (Lipinski definition) is 4. The third-order valence-corrected chi connectivity index (χ3v) is 3.25. The molecule has 3 N–H and O–H groups in total. The van der Waals surface area contributed by atoms with Gasteiger partial charge in [0, 0.05) is 6.04 Å². The van der Waals surface area contributed by atoms with Crippen LogP contribution in [-0.2, 0) is 0 Å². The summed E-state index contributed by atoms with van der Waals surface area (Å²) in [6.45, 7) is 5.99. The monoisotopic (exact) mass is 263 g/mol. The van der Waals surface area contributed by atoms with Crippen molar-refractivity contribution in [3.8, 4) is 5.88 Å². The molecule has 106 valence electrons. The molecule has 2 rings (SSSR count). The minimum absolute atomic E-state index is 0.287. The zero-order valence-corrected chi connectivity index (χ0v) is 12.2. The van der Waals surface area contributed by atoms with Gasteiger partial charge < -0.3 is 15.8 Å². The quantitative estimate of drug-likeness (QED) is 0.875. The van der Waals surface area contributed by atoms with E-state index in [9.17, 15) is 0 Å². The van der Waals surface area contributed by atoms with E-state index >= 15 is 0 Å². The first-order valence-corrected chi connectivity index (χ1v) is 7.16. The fraction of sp³-hybridized carbons (Fsp3) is 0.667. The Morgan fingerprint density at radius 1 is 1.21 bits per heavy atom. The standard InChI is InChI=1S/C15H25N3O/c1-15(2,3)19-14-12(16)9-10-13(18-14)17-11-7-5-4-6-8-11/h9-11H,4-8,16H2,1-3H3,(H,17,18). The Morgan fingerprint density at radius 2 is 1.89 bits per heavy atom. The van der Waals surface area contributed by atoms with Gasteiger partial charge in [-0.3, -0.25) is 0 Å². The summed E-state index contributed by atoms with van der Waals surface area (Å²) in [6.07, 6.45) is 6.41. The van der Waals surface area contributed by atoms with Gasteiger partial charge in [0.05, 0.1) is 5.69 Å². The lowest BCUT2D eigenvalue weighted by Crippen LogP contribution is -2.25. The van der Waals surface area contributed by atoms with Crippen LogP contribution in [0.1, 0.15) is 52.9 Å². The predicted molar refractivity (Wildman–Crippen MR) is 79.5 cm³/mol. The molecule has 1 aromatic heterocycles. The van der Waals surface area contributed by atoms with Crippen LogP contribution >= 0.6 is 0 Å². The summed E-state index contributed by atoms with van der Waals surface area (Å²) < 4.78 is 5.79. The molecular weight excluding hydrogens is 238 g/mol. The average molecular weight is 263 g/mol. The largest absolute Gasteiger partial charge is 0.470 e. The fourth-order valence-electron chi connectivity index (χ4n) is 2.36. The van der Waals surface area contributed by atoms with Gasteiger partial charge in [-0.15, -0.1) is 0 Å². The van der Waals surface area contributed by atoms with E-state index in [1.54, 1.807) is 0 Å². The zero-order valence-electron chi connectivity index (χ0n) is 12.2. The predicted octanol–water partition coefficient (Wildman–Crippen LogP) is 3.59. The van der Waals surface area contributed by atoms with Crippen LogP contribution in [0.5, 0.6) is 5.88 Å². The van der Waals surface area contributed by atoms with Crippen LogP contribution in [0.2, 0.25) is 0 Å². The molecule has 1 aliphatic rings. The van der Waals surface area contributed by atoms with Gasteiger partial charge in [-0.1, -0.05) is 19.3 Å². The van der Waals surface area contributed by atoms with Gasteiger partial charge in [-0.05, 0) is 45.7 Å². The van der Waals surface area contributed by atoms with E-state index in [1.165, 1.54) is 32.1 Å². The number of ether oxygens (including phenoxy) is 1. The van der Waals surface area contributed by atoms with Gasteiger partial charge in [0.15, 0.2) is 0 Å². The summed E-state index contributed by atoms with van der Waals surface area (Å²) in [5.41, 5.74) is 6.21. The van der Waals surface area contributed by atoms with Crippen LogP contribution in [0.4, 0.5) is 11.5 Å². The highest BCUT2D eigenvalue weighted by Crippen LogP contribution is 2.27. The summed E-state index contributed by atoms with van der Waals surface area (Å²) in [5.74, 6) is 1.38. The van der Waals surface area contributed by atoms with E-state index in [0.29, 0.717) is 17.6 Å². The van der Waals surface area contributed by atoms with Crippen LogP contribution in [0, 0.1) is 0 Å². The number of pyridine rings is 1. The second-order valence-electron chi connectivity index (χ2n) is 6.28. The SMILES string of the molecule is CC(C)(C)Oc1nc(NC2CCCCC2)ccc1N. The molecule has 1 saturated carbocycles. The van der Waals surface area contributed by atoms with Crippen molar-refractivity contribution in [1.29, 1.82) is 0 Å². The van der Waals surface area contributed by atoms with Crippen molar-refractivity contribution in [2.45, 2.75) is 64.5 Å². The Hall–Kier alpha value is -1.45. The zero-order chi connectivity index (χ0) is 13.9. The van der Waals surface area contributed by atoms with Crippen molar-refractivity contribution < 1.29 is 4.74 Å². The Morgan fingerprint density at radius 3 is 2.53 bits per heavy atom. The van der Waals surface area contributed by atoms with Gasteiger partial charge in [0.2, 0.25) is 5.88 Å².